The molecule has 2 N–H and O–H groups in total. The second-order valence-corrected chi connectivity index (χ2v) is 7.29. The number of carbonyl (C=O) groups excluding carboxylic acids is 2. The van der Waals surface area contributed by atoms with Gasteiger partial charge in [-0.25, -0.2) is 5.43 Å². The maximum absolute atomic E-state index is 12.1. The highest BCUT2D eigenvalue weighted by Crippen LogP contribution is 2.56. The highest BCUT2D eigenvalue weighted by Gasteiger charge is 2.56. The van der Waals surface area contributed by atoms with E-state index in [-0.39, 0.29) is 21.8 Å². The Morgan fingerprint density at radius 2 is 2.14 bits per heavy atom. The number of amides is 2. The zero-order valence-electron chi connectivity index (χ0n) is 11.2. The quantitative estimate of drug-likeness (QED) is 0.835. The molecule has 7 heteroatoms. The van der Waals surface area contributed by atoms with Crippen LogP contribution in [0.3, 0.4) is 0 Å². The van der Waals surface area contributed by atoms with Gasteiger partial charge >= 0.3 is 0 Å². The average Bonchev–Trinajstić information content (AvgIpc) is 3.17. The Morgan fingerprint density at radius 3 is 2.81 bits per heavy atom. The van der Waals surface area contributed by atoms with Gasteiger partial charge in [0.15, 0.2) is 0 Å². The average molecular weight is 322 g/mol. The number of hydrogen-bond acceptors (Lipinski definition) is 4. The van der Waals surface area contributed by atoms with Crippen LogP contribution < -0.4 is 10.7 Å². The number of halogens is 1. The van der Waals surface area contributed by atoms with E-state index in [1.54, 1.807) is 6.07 Å². The number of carbonyl (C=O) groups is 2. The Hall–Kier alpha value is -1.53. The highest BCUT2D eigenvalue weighted by molar-refractivity contribution is 8.14. The molecule has 108 valence electrons. The van der Waals surface area contributed by atoms with Gasteiger partial charge in [0, 0.05) is 5.56 Å². The van der Waals surface area contributed by atoms with Gasteiger partial charge in [-0.1, -0.05) is 23.4 Å². The molecule has 1 aliphatic carbocycles. The van der Waals surface area contributed by atoms with E-state index in [9.17, 15) is 9.59 Å². The molecule has 1 fully saturated rings. The van der Waals surface area contributed by atoms with Crippen LogP contribution in [-0.2, 0) is 10.2 Å². The largest absolute Gasteiger partial charge is 0.324 e. The van der Waals surface area contributed by atoms with E-state index in [4.69, 9.17) is 11.6 Å². The summed E-state index contributed by atoms with van der Waals surface area (Å²) >= 11 is 7.52. The fourth-order valence-electron chi connectivity index (χ4n) is 2.97. The van der Waals surface area contributed by atoms with Crippen LogP contribution in [0.15, 0.2) is 17.2 Å². The molecule has 2 amide bonds. The Morgan fingerprint density at radius 1 is 1.38 bits per heavy atom. The van der Waals surface area contributed by atoms with E-state index >= 15 is 0 Å². The summed E-state index contributed by atoms with van der Waals surface area (Å²) in [7, 11) is 0. The van der Waals surface area contributed by atoms with E-state index in [2.05, 4.69) is 15.8 Å². The zero-order chi connectivity index (χ0) is 14.8. The normalized spacial score (nSPS) is 25.2. The lowest BCUT2D eigenvalue weighted by Crippen LogP contribution is -2.30. The van der Waals surface area contributed by atoms with Crippen LogP contribution in [0.2, 0.25) is 5.02 Å². The smallest absolute Gasteiger partial charge is 0.299 e. The minimum atomic E-state index is -0.385. The van der Waals surface area contributed by atoms with Crippen LogP contribution in [0.25, 0.3) is 0 Å². The predicted molar refractivity (Wildman–Crippen MR) is 83.1 cm³/mol. The van der Waals surface area contributed by atoms with E-state index in [1.807, 2.05) is 13.0 Å². The molecule has 4 rings (SSSR count). The number of rotatable bonds is 1. The molecule has 1 atom stereocenters. The predicted octanol–water partition coefficient (Wildman–Crippen LogP) is 2.87. The SMILES string of the molecule is CC1SC(=O)NN=C1c1cc(Cl)c2c(c1)C1(CC1)C(=O)N2. The molecule has 2 heterocycles. The highest BCUT2D eigenvalue weighted by atomic mass is 35.5. The van der Waals surface area contributed by atoms with Gasteiger partial charge in [0.1, 0.15) is 0 Å². The van der Waals surface area contributed by atoms with Crippen molar-refractivity contribution in [3.8, 4) is 0 Å². The molecule has 0 saturated heterocycles. The first-order valence-corrected chi connectivity index (χ1v) is 7.97. The van der Waals surface area contributed by atoms with Crippen LogP contribution in [0.4, 0.5) is 10.5 Å². The van der Waals surface area contributed by atoms with Gasteiger partial charge < -0.3 is 5.32 Å². The van der Waals surface area contributed by atoms with Crippen LogP contribution >= 0.6 is 23.4 Å². The van der Waals surface area contributed by atoms with E-state index < -0.39 is 0 Å². The summed E-state index contributed by atoms with van der Waals surface area (Å²) in [5.41, 5.74) is 5.42. The number of anilines is 1. The van der Waals surface area contributed by atoms with Gasteiger partial charge in [-0.05, 0) is 37.5 Å². The second-order valence-electron chi connectivity index (χ2n) is 5.57. The molecule has 21 heavy (non-hydrogen) atoms. The van der Waals surface area contributed by atoms with Crippen molar-refractivity contribution in [2.24, 2.45) is 5.10 Å². The Kier molecular flexibility index (Phi) is 2.65. The summed E-state index contributed by atoms with van der Waals surface area (Å²) in [4.78, 5) is 23.4. The third kappa shape index (κ3) is 1.82. The standard InChI is InChI=1S/C14H12ClN3O2S/c1-6-10(17-18-13(20)21-6)7-4-8-11(9(15)5-7)16-12(19)14(8)2-3-14/h4-6H,2-3H2,1H3,(H,16,19)(H,18,20). The van der Waals surface area contributed by atoms with Crippen molar-refractivity contribution in [1.29, 1.82) is 0 Å². The van der Waals surface area contributed by atoms with Crippen molar-refractivity contribution < 1.29 is 9.59 Å². The Labute approximate surface area is 130 Å². The Balaban J connectivity index is 1.83. The van der Waals surface area contributed by atoms with Gasteiger partial charge in [0.2, 0.25) is 5.91 Å². The van der Waals surface area contributed by atoms with Crippen molar-refractivity contribution >= 4 is 45.9 Å². The summed E-state index contributed by atoms with van der Waals surface area (Å²) in [6.07, 6.45) is 1.72. The first-order valence-electron chi connectivity index (χ1n) is 6.71. The number of benzene rings is 1. The number of thioether (sulfide) groups is 1. The summed E-state index contributed by atoms with van der Waals surface area (Å²) < 4.78 is 0. The van der Waals surface area contributed by atoms with E-state index in [0.29, 0.717) is 5.02 Å². The van der Waals surface area contributed by atoms with Crippen molar-refractivity contribution in [2.45, 2.75) is 30.4 Å². The summed E-state index contributed by atoms with van der Waals surface area (Å²) in [6, 6.07) is 3.79. The van der Waals surface area contributed by atoms with E-state index in [1.165, 1.54) is 11.8 Å². The van der Waals surface area contributed by atoms with Gasteiger partial charge in [-0.15, -0.1) is 0 Å². The van der Waals surface area contributed by atoms with Crippen LogP contribution in [-0.4, -0.2) is 22.1 Å². The molecule has 3 aliphatic rings. The molecule has 5 nitrogen and oxygen atoms in total. The third-order valence-electron chi connectivity index (χ3n) is 4.26. The van der Waals surface area contributed by atoms with Crippen molar-refractivity contribution in [1.82, 2.24) is 5.43 Å². The van der Waals surface area contributed by atoms with Gasteiger partial charge in [0.05, 0.1) is 27.1 Å². The van der Waals surface area contributed by atoms with E-state index in [0.717, 1.165) is 35.4 Å². The maximum atomic E-state index is 12.1. The molecule has 1 aromatic carbocycles. The fourth-order valence-corrected chi connectivity index (χ4v) is 3.96. The lowest BCUT2D eigenvalue weighted by molar-refractivity contribution is -0.117. The molecular weight excluding hydrogens is 310 g/mol. The summed E-state index contributed by atoms with van der Waals surface area (Å²) in [5.74, 6) is 0.0397. The molecule has 2 aliphatic heterocycles. The topological polar surface area (TPSA) is 70.6 Å². The molecule has 1 unspecified atom stereocenters. The first-order chi connectivity index (χ1) is 10.0. The van der Waals surface area contributed by atoms with Crippen LogP contribution in [0.5, 0.6) is 0 Å². The van der Waals surface area contributed by atoms with Crippen LogP contribution in [0, 0.1) is 0 Å². The van der Waals surface area contributed by atoms with Gasteiger partial charge in [0.25, 0.3) is 5.24 Å². The third-order valence-corrected chi connectivity index (χ3v) is 5.44. The van der Waals surface area contributed by atoms with Crippen molar-refractivity contribution in [3.05, 3.63) is 28.3 Å². The lowest BCUT2D eigenvalue weighted by atomic mass is 9.94. The van der Waals surface area contributed by atoms with Crippen molar-refractivity contribution in [2.75, 3.05) is 5.32 Å². The summed E-state index contributed by atoms with van der Waals surface area (Å²) in [6.45, 7) is 1.93. The Bertz CT molecular complexity index is 727. The molecule has 0 bridgehead atoms. The first kappa shape index (κ1) is 13.2. The summed E-state index contributed by atoms with van der Waals surface area (Å²) in [5, 5.41) is 7.35. The minimum absolute atomic E-state index is 0.0397. The fraction of sp³-hybridized carbons (Fsp3) is 0.357. The number of nitrogens with one attached hydrogen (secondary N) is 2. The molecule has 1 aromatic rings. The number of nitrogens with zero attached hydrogens (tertiary/aromatic N) is 1. The molecule has 0 radical (unpaired) electrons. The number of hydrogen-bond donors (Lipinski definition) is 2. The minimum Gasteiger partial charge on any atom is -0.324 e. The second kappa shape index (κ2) is 4.24. The molecule has 1 saturated carbocycles. The van der Waals surface area contributed by atoms with Gasteiger partial charge in [-0.2, -0.15) is 5.10 Å². The van der Waals surface area contributed by atoms with Gasteiger partial charge in [-0.3, -0.25) is 9.59 Å². The van der Waals surface area contributed by atoms with Crippen molar-refractivity contribution in [3.63, 3.8) is 0 Å². The van der Waals surface area contributed by atoms with Crippen LogP contribution in [0.1, 0.15) is 30.9 Å². The molecular formula is C14H12ClN3O2S. The maximum Gasteiger partial charge on any atom is 0.299 e. The number of fused-ring (bicyclic) bond motifs is 2. The number of hydrazone groups is 1. The monoisotopic (exact) mass is 321 g/mol. The molecule has 1 spiro atoms. The lowest BCUT2D eigenvalue weighted by Gasteiger charge is -2.19. The zero-order valence-corrected chi connectivity index (χ0v) is 12.8. The molecule has 0 aromatic heterocycles.